The van der Waals surface area contributed by atoms with Crippen molar-refractivity contribution in [2.75, 3.05) is 5.75 Å². The fourth-order valence-corrected chi connectivity index (χ4v) is 1.86. The molecule has 0 saturated carbocycles. The van der Waals surface area contributed by atoms with Crippen LogP contribution in [0.25, 0.3) is 0 Å². The summed E-state index contributed by atoms with van der Waals surface area (Å²) >= 11 is 0. The number of aromatic nitrogens is 2. The predicted octanol–water partition coefficient (Wildman–Crippen LogP) is -1.10. The standard InChI is InChI=1S/C7H8N2O4S/c1-2-5-14(12,13)9-4-3-6(10)8-7(9)11/h2-4H,1,5H2,(H,8,10,11). The largest absolute Gasteiger partial charge is 0.342 e. The number of aromatic amines is 1. The van der Waals surface area contributed by atoms with Crippen LogP contribution in [0.15, 0.2) is 34.5 Å². The molecule has 0 amide bonds. The van der Waals surface area contributed by atoms with Gasteiger partial charge in [0, 0.05) is 12.3 Å². The number of rotatable bonds is 3. The van der Waals surface area contributed by atoms with E-state index in [9.17, 15) is 18.0 Å². The molecule has 76 valence electrons. The zero-order valence-corrected chi connectivity index (χ0v) is 7.95. The van der Waals surface area contributed by atoms with Gasteiger partial charge in [0.1, 0.15) is 0 Å². The van der Waals surface area contributed by atoms with Crippen LogP contribution in [0.3, 0.4) is 0 Å². The molecule has 0 aliphatic rings. The van der Waals surface area contributed by atoms with E-state index in [4.69, 9.17) is 0 Å². The first-order chi connectivity index (χ1) is 6.47. The van der Waals surface area contributed by atoms with E-state index >= 15 is 0 Å². The molecule has 0 bridgehead atoms. The molecule has 6 nitrogen and oxygen atoms in total. The molecule has 0 aromatic carbocycles. The third-order valence-electron chi connectivity index (χ3n) is 1.42. The van der Waals surface area contributed by atoms with Gasteiger partial charge < -0.3 is 0 Å². The average Bonchev–Trinajstić information content (AvgIpc) is 2.02. The van der Waals surface area contributed by atoms with Crippen LogP contribution in [0.5, 0.6) is 0 Å². The molecule has 7 heteroatoms. The van der Waals surface area contributed by atoms with Crippen LogP contribution in [0, 0.1) is 0 Å². The maximum atomic E-state index is 11.3. The fourth-order valence-electron chi connectivity index (χ4n) is 0.854. The summed E-state index contributed by atoms with van der Waals surface area (Å²) in [7, 11) is -3.74. The van der Waals surface area contributed by atoms with Crippen molar-refractivity contribution >= 4 is 10.0 Å². The van der Waals surface area contributed by atoms with Crippen molar-refractivity contribution in [1.82, 2.24) is 8.96 Å². The highest BCUT2D eigenvalue weighted by atomic mass is 32.2. The van der Waals surface area contributed by atoms with Gasteiger partial charge >= 0.3 is 5.69 Å². The van der Waals surface area contributed by atoms with E-state index in [1.165, 1.54) is 0 Å². The monoisotopic (exact) mass is 216 g/mol. The second-order valence-corrected chi connectivity index (χ2v) is 4.36. The smallest absolute Gasteiger partial charge is 0.273 e. The molecule has 0 aliphatic carbocycles. The van der Waals surface area contributed by atoms with Crippen LogP contribution in [-0.4, -0.2) is 23.1 Å². The summed E-state index contributed by atoms with van der Waals surface area (Å²) < 4.78 is 23.1. The van der Waals surface area contributed by atoms with Gasteiger partial charge in [-0.1, -0.05) is 6.08 Å². The second-order valence-electron chi connectivity index (χ2n) is 2.47. The number of nitrogens with one attached hydrogen (secondary N) is 1. The SMILES string of the molecule is C=CCS(=O)(=O)n1ccc(=O)[nH]c1=O. The topological polar surface area (TPSA) is 89.0 Å². The fraction of sp³-hybridized carbons (Fsp3) is 0.143. The first-order valence-electron chi connectivity index (χ1n) is 3.63. The summed E-state index contributed by atoms with van der Waals surface area (Å²) in [5.41, 5.74) is -1.61. The van der Waals surface area contributed by atoms with Crippen molar-refractivity contribution in [3.8, 4) is 0 Å². The Labute approximate surface area is 79.6 Å². The highest BCUT2D eigenvalue weighted by molar-refractivity contribution is 7.90. The lowest BCUT2D eigenvalue weighted by atomic mass is 10.7. The molecule has 0 unspecified atom stereocenters. The number of H-pyrrole nitrogens is 1. The maximum absolute atomic E-state index is 11.3. The maximum Gasteiger partial charge on any atom is 0.342 e. The second kappa shape index (κ2) is 3.62. The molecule has 1 heterocycles. The van der Waals surface area contributed by atoms with Gasteiger partial charge in [-0.15, -0.1) is 6.58 Å². The van der Waals surface area contributed by atoms with Gasteiger partial charge in [0.15, 0.2) is 0 Å². The Morgan fingerprint density at radius 3 is 2.64 bits per heavy atom. The van der Waals surface area contributed by atoms with Crippen molar-refractivity contribution in [1.29, 1.82) is 0 Å². The van der Waals surface area contributed by atoms with E-state index in [0.717, 1.165) is 18.3 Å². The van der Waals surface area contributed by atoms with Crippen LogP contribution in [0.4, 0.5) is 0 Å². The molecule has 0 atom stereocenters. The molecule has 0 saturated heterocycles. The number of hydrogen-bond donors (Lipinski definition) is 1. The van der Waals surface area contributed by atoms with Gasteiger partial charge in [0.25, 0.3) is 5.56 Å². The minimum atomic E-state index is -3.74. The van der Waals surface area contributed by atoms with Crippen LogP contribution in [-0.2, 0) is 10.0 Å². The minimum absolute atomic E-state index is 0.362. The highest BCUT2D eigenvalue weighted by Crippen LogP contribution is 1.90. The summed E-state index contributed by atoms with van der Waals surface area (Å²) in [5, 5.41) is 0. The van der Waals surface area contributed by atoms with Crippen molar-refractivity contribution in [3.05, 3.63) is 45.8 Å². The molecule has 0 fully saturated rings. The van der Waals surface area contributed by atoms with Gasteiger partial charge in [-0.3, -0.25) is 9.78 Å². The van der Waals surface area contributed by atoms with E-state index in [0.29, 0.717) is 3.97 Å². The van der Waals surface area contributed by atoms with Crippen LogP contribution in [0.1, 0.15) is 0 Å². The summed E-state index contributed by atoms with van der Waals surface area (Å²) in [5.74, 6) is -0.362. The molecule has 1 aromatic heterocycles. The van der Waals surface area contributed by atoms with E-state index in [2.05, 4.69) is 6.58 Å². The average molecular weight is 216 g/mol. The summed E-state index contributed by atoms with van der Waals surface area (Å²) in [6.45, 7) is 3.25. The zero-order chi connectivity index (χ0) is 10.8. The zero-order valence-electron chi connectivity index (χ0n) is 7.13. The summed E-state index contributed by atoms with van der Waals surface area (Å²) in [6.07, 6.45) is 2.08. The third-order valence-corrected chi connectivity index (χ3v) is 2.96. The van der Waals surface area contributed by atoms with Gasteiger partial charge in [0.05, 0.1) is 5.75 Å². The summed E-state index contributed by atoms with van der Waals surface area (Å²) in [6, 6.07) is 0.960. The van der Waals surface area contributed by atoms with Gasteiger partial charge in [-0.05, 0) is 0 Å². The highest BCUT2D eigenvalue weighted by Gasteiger charge is 2.12. The quantitative estimate of drug-likeness (QED) is 0.649. The van der Waals surface area contributed by atoms with Crippen LogP contribution >= 0.6 is 0 Å². The predicted molar refractivity (Wildman–Crippen MR) is 50.7 cm³/mol. The molecule has 14 heavy (non-hydrogen) atoms. The number of hydrogen-bond acceptors (Lipinski definition) is 4. The molecular formula is C7H8N2O4S. The van der Waals surface area contributed by atoms with E-state index in [1.54, 1.807) is 0 Å². The van der Waals surface area contributed by atoms with Crippen molar-refractivity contribution in [2.45, 2.75) is 0 Å². The Bertz CT molecular complexity index is 552. The van der Waals surface area contributed by atoms with Crippen molar-refractivity contribution in [3.63, 3.8) is 0 Å². The van der Waals surface area contributed by atoms with Gasteiger partial charge in [-0.2, -0.15) is 3.97 Å². The first-order valence-corrected chi connectivity index (χ1v) is 5.24. The van der Waals surface area contributed by atoms with Gasteiger partial charge in [-0.25, -0.2) is 13.2 Å². The molecule has 1 rings (SSSR count). The lowest BCUT2D eigenvalue weighted by Gasteiger charge is -2.02. The first kappa shape index (κ1) is 10.5. The molecular weight excluding hydrogens is 208 g/mol. The minimum Gasteiger partial charge on any atom is -0.273 e. The van der Waals surface area contributed by atoms with E-state index in [1.807, 2.05) is 4.98 Å². The van der Waals surface area contributed by atoms with E-state index < -0.39 is 21.3 Å². The lowest BCUT2D eigenvalue weighted by molar-refractivity contribution is 0.586. The van der Waals surface area contributed by atoms with Gasteiger partial charge in [0.2, 0.25) is 10.0 Å². The Balaban J connectivity index is 3.42. The molecule has 1 aromatic rings. The Morgan fingerprint density at radius 1 is 1.50 bits per heavy atom. The molecule has 0 radical (unpaired) electrons. The van der Waals surface area contributed by atoms with Crippen LogP contribution < -0.4 is 11.2 Å². The lowest BCUT2D eigenvalue weighted by Crippen LogP contribution is -2.34. The Morgan fingerprint density at radius 2 is 2.14 bits per heavy atom. The Kier molecular flexibility index (Phi) is 2.70. The van der Waals surface area contributed by atoms with Crippen molar-refractivity contribution < 1.29 is 8.42 Å². The normalized spacial score (nSPS) is 11.1. The van der Waals surface area contributed by atoms with Crippen LogP contribution in [0.2, 0.25) is 0 Å². The van der Waals surface area contributed by atoms with E-state index in [-0.39, 0.29) is 5.75 Å². The molecule has 0 aliphatic heterocycles. The molecule has 0 spiro atoms. The third kappa shape index (κ3) is 1.99. The Hall–Kier alpha value is -1.63. The number of nitrogens with zero attached hydrogens (tertiary/aromatic N) is 1. The van der Waals surface area contributed by atoms with Crippen molar-refractivity contribution in [2.24, 2.45) is 0 Å². The summed E-state index contributed by atoms with van der Waals surface area (Å²) in [4.78, 5) is 23.5. The molecule has 1 N–H and O–H groups in total.